The molecule has 1 aliphatic rings. The maximum absolute atomic E-state index is 13.7. The average molecular weight is 507 g/mol. The molecule has 1 saturated heterocycles. The number of rotatable bonds is 5. The normalized spacial score (nSPS) is 16.4. The van der Waals surface area contributed by atoms with Crippen LogP contribution in [0.4, 0.5) is 39.4 Å². The minimum atomic E-state index is -4.95. The van der Waals surface area contributed by atoms with E-state index in [4.69, 9.17) is 0 Å². The quantitative estimate of drug-likeness (QED) is 0.418. The molecule has 9 nitrogen and oxygen atoms in total. The fourth-order valence-corrected chi connectivity index (χ4v) is 4.54. The number of amides is 3. The Bertz CT molecular complexity index is 1320. The molecule has 4 rings (SSSR count). The molecule has 2 aromatic heterocycles. The number of aromatic nitrogens is 3. The fraction of sp³-hybridized carbons (Fsp3) is 0.391. The summed E-state index contributed by atoms with van der Waals surface area (Å²) >= 11 is 0. The third kappa shape index (κ3) is 4.57. The first kappa shape index (κ1) is 25.4. The van der Waals surface area contributed by atoms with Gasteiger partial charge in [-0.3, -0.25) is 9.48 Å². The van der Waals surface area contributed by atoms with Crippen LogP contribution in [0.5, 0.6) is 0 Å². The number of likely N-dealkylation sites (N-methyl/N-ethyl adjacent to an activating group) is 2. The first-order chi connectivity index (χ1) is 16.9. The van der Waals surface area contributed by atoms with Crippen LogP contribution in [0.15, 0.2) is 24.4 Å². The van der Waals surface area contributed by atoms with Crippen LogP contribution in [-0.4, -0.2) is 65.3 Å². The van der Waals surface area contributed by atoms with Crippen molar-refractivity contribution in [2.24, 2.45) is 7.05 Å². The lowest BCUT2D eigenvalue weighted by Crippen LogP contribution is -2.38. The number of carbonyl (C=O) groups is 2. The smallest absolute Gasteiger partial charge is 0.368 e. The number of hydrogen-bond donors (Lipinski definition) is 1. The van der Waals surface area contributed by atoms with Gasteiger partial charge in [-0.15, -0.1) is 0 Å². The zero-order valence-corrected chi connectivity index (χ0v) is 20.1. The number of anilines is 3. The molecule has 1 N–H and O–H groups in total. The predicted octanol–water partition coefficient (Wildman–Crippen LogP) is 3.77. The van der Waals surface area contributed by atoms with Crippen molar-refractivity contribution in [3.63, 3.8) is 0 Å². The molecule has 1 atom stereocenters. The van der Waals surface area contributed by atoms with E-state index in [1.165, 1.54) is 6.20 Å². The van der Waals surface area contributed by atoms with Gasteiger partial charge in [-0.2, -0.15) is 18.3 Å². The van der Waals surface area contributed by atoms with Gasteiger partial charge in [0.2, 0.25) is 6.41 Å². The van der Waals surface area contributed by atoms with Crippen molar-refractivity contribution in [1.29, 1.82) is 0 Å². The number of benzene rings is 1. The van der Waals surface area contributed by atoms with Crippen molar-refractivity contribution in [1.82, 2.24) is 19.7 Å². The van der Waals surface area contributed by atoms with Crippen molar-refractivity contribution in [3.05, 3.63) is 41.5 Å². The highest BCUT2D eigenvalue weighted by Gasteiger charge is 2.35. The molecule has 1 fully saturated rings. The molecule has 0 radical (unpaired) electrons. The summed E-state index contributed by atoms with van der Waals surface area (Å²) in [6.07, 6.45) is -2.49. The van der Waals surface area contributed by atoms with Crippen LogP contribution in [0.25, 0.3) is 11.0 Å². The van der Waals surface area contributed by atoms with Gasteiger partial charge in [-0.1, -0.05) is 0 Å². The summed E-state index contributed by atoms with van der Waals surface area (Å²) in [5.41, 5.74) is 0.0144. The van der Waals surface area contributed by atoms with Crippen LogP contribution in [0.1, 0.15) is 17.7 Å². The molecule has 1 aromatic carbocycles. The van der Waals surface area contributed by atoms with Gasteiger partial charge < -0.3 is 15.1 Å². The summed E-state index contributed by atoms with van der Waals surface area (Å²) in [7, 11) is 5.58. The number of imide groups is 1. The molecule has 192 valence electrons. The Morgan fingerprint density at radius 3 is 2.61 bits per heavy atom. The Morgan fingerprint density at radius 2 is 2.00 bits per heavy atom. The van der Waals surface area contributed by atoms with Crippen molar-refractivity contribution >= 4 is 40.5 Å². The Balaban J connectivity index is 1.77. The van der Waals surface area contributed by atoms with E-state index in [9.17, 15) is 27.2 Å². The Kier molecular flexibility index (Phi) is 6.60. The summed E-state index contributed by atoms with van der Waals surface area (Å²) in [6, 6.07) is 1.11. The van der Waals surface area contributed by atoms with Gasteiger partial charge in [0.15, 0.2) is 5.65 Å². The van der Waals surface area contributed by atoms with Gasteiger partial charge in [-0.05, 0) is 45.1 Å². The standard InChI is InChI=1S/C23H25F4N7O2/c1-13-19-20(32(3)15-7-8-31(2)11-15)18(10-28-21(19)33(4)30-13)34(12-35)22(36)29-14-5-6-17(24)16(9-14)23(25,26)27/h5-6,9-10,12,15H,7-8,11H2,1-4H3,(H,29,36). The topological polar surface area (TPSA) is 86.6 Å². The molecule has 0 saturated carbocycles. The van der Waals surface area contributed by atoms with Crippen LogP contribution in [-0.2, 0) is 18.0 Å². The lowest BCUT2D eigenvalue weighted by atomic mass is 10.1. The molecule has 0 spiro atoms. The number of fused-ring (bicyclic) bond motifs is 1. The lowest BCUT2D eigenvalue weighted by Gasteiger charge is -2.31. The Morgan fingerprint density at radius 1 is 1.28 bits per heavy atom. The zero-order valence-electron chi connectivity index (χ0n) is 20.1. The monoisotopic (exact) mass is 507 g/mol. The first-order valence-electron chi connectivity index (χ1n) is 11.1. The van der Waals surface area contributed by atoms with Crippen molar-refractivity contribution < 1.29 is 27.2 Å². The van der Waals surface area contributed by atoms with E-state index in [0.717, 1.165) is 30.5 Å². The maximum atomic E-state index is 13.7. The molecular weight excluding hydrogens is 482 g/mol. The Hall–Kier alpha value is -3.74. The molecular formula is C23H25F4N7O2. The number of nitrogens with one attached hydrogen (secondary N) is 1. The third-order valence-corrected chi connectivity index (χ3v) is 6.35. The molecule has 3 amide bonds. The minimum absolute atomic E-state index is 0.0713. The van der Waals surface area contributed by atoms with E-state index < -0.39 is 23.6 Å². The van der Waals surface area contributed by atoms with Crippen LogP contribution in [0.3, 0.4) is 0 Å². The molecule has 0 bridgehead atoms. The number of nitrogens with zero attached hydrogens (tertiary/aromatic N) is 6. The van der Waals surface area contributed by atoms with E-state index in [1.807, 2.05) is 19.0 Å². The zero-order chi connectivity index (χ0) is 26.4. The first-order valence-corrected chi connectivity index (χ1v) is 11.1. The number of hydrogen-bond acceptors (Lipinski definition) is 6. The maximum Gasteiger partial charge on any atom is 0.419 e. The summed E-state index contributed by atoms with van der Waals surface area (Å²) in [5, 5.41) is 7.32. The van der Waals surface area contributed by atoms with Gasteiger partial charge >= 0.3 is 12.2 Å². The number of likely N-dealkylation sites (tertiary alicyclic amines) is 1. The second kappa shape index (κ2) is 9.37. The van der Waals surface area contributed by atoms with Crippen molar-refractivity contribution in [2.45, 2.75) is 25.6 Å². The van der Waals surface area contributed by atoms with E-state index in [2.05, 4.69) is 20.3 Å². The molecule has 3 aromatic rings. The summed E-state index contributed by atoms with van der Waals surface area (Å²) in [4.78, 5) is 34.5. The van der Waals surface area contributed by atoms with Crippen LogP contribution < -0.4 is 15.1 Å². The van der Waals surface area contributed by atoms with E-state index in [1.54, 1.807) is 18.7 Å². The SMILES string of the molecule is Cc1nn(C)c2ncc(N(C=O)C(=O)Nc3ccc(F)c(C(F)(F)F)c3)c(N(C)C3CCN(C)C3)c12. The lowest BCUT2D eigenvalue weighted by molar-refractivity contribution is -0.139. The molecule has 3 heterocycles. The molecule has 1 unspecified atom stereocenters. The Labute approximate surface area is 204 Å². The van der Waals surface area contributed by atoms with Gasteiger partial charge in [0, 0.05) is 32.4 Å². The highest BCUT2D eigenvalue weighted by atomic mass is 19.4. The van der Waals surface area contributed by atoms with Gasteiger partial charge in [-0.25, -0.2) is 19.1 Å². The largest absolute Gasteiger partial charge is 0.419 e. The van der Waals surface area contributed by atoms with Crippen LogP contribution >= 0.6 is 0 Å². The number of alkyl halides is 3. The molecule has 1 aliphatic heterocycles. The highest BCUT2D eigenvalue weighted by Crippen LogP contribution is 2.39. The third-order valence-electron chi connectivity index (χ3n) is 6.35. The number of urea groups is 1. The number of carbonyl (C=O) groups excluding carboxylic acids is 2. The van der Waals surface area contributed by atoms with Gasteiger partial charge in [0.1, 0.15) is 5.82 Å². The molecule has 13 heteroatoms. The van der Waals surface area contributed by atoms with Gasteiger partial charge in [0.25, 0.3) is 0 Å². The van der Waals surface area contributed by atoms with Crippen molar-refractivity contribution in [3.8, 4) is 0 Å². The highest BCUT2D eigenvalue weighted by molar-refractivity contribution is 6.16. The van der Waals surface area contributed by atoms with E-state index in [0.29, 0.717) is 34.5 Å². The summed E-state index contributed by atoms with van der Waals surface area (Å²) in [6.45, 7) is 3.41. The van der Waals surface area contributed by atoms with Crippen LogP contribution in [0, 0.1) is 12.7 Å². The number of halogens is 4. The van der Waals surface area contributed by atoms with Crippen molar-refractivity contribution in [2.75, 3.05) is 42.3 Å². The number of pyridine rings is 1. The molecule has 0 aliphatic carbocycles. The van der Waals surface area contributed by atoms with E-state index >= 15 is 0 Å². The summed E-state index contributed by atoms with van der Waals surface area (Å²) in [5.74, 6) is -1.47. The second-order valence-electron chi connectivity index (χ2n) is 8.81. The summed E-state index contributed by atoms with van der Waals surface area (Å²) < 4.78 is 54.6. The minimum Gasteiger partial charge on any atom is -0.368 e. The van der Waals surface area contributed by atoms with Crippen LogP contribution in [0.2, 0.25) is 0 Å². The fourth-order valence-electron chi connectivity index (χ4n) is 4.54. The van der Waals surface area contributed by atoms with Gasteiger partial charge in [0.05, 0.1) is 34.2 Å². The number of aryl methyl sites for hydroxylation is 2. The average Bonchev–Trinajstić information content (AvgIpc) is 3.37. The molecule has 36 heavy (non-hydrogen) atoms. The second-order valence-corrected chi connectivity index (χ2v) is 8.81. The van der Waals surface area contributed by atoms with E-state index in [-0.39, 0.29) is 23.8 Å². The predicted molar refractivity (Wildman–Crippen MR) is 127 cm³/mol.